The molecule has 0 bridgehead atoms. The van der Waals surface area contributed by atoms with Crippen molar-refractivity contribution in [3.8, 4) is 11.4 Å². The van der Waals surface area contributed by atoms with Gasteiger partial charge in [-0.05, 0) is 19.5 Å². The van der Waals surface area contributed by atoms with E-state index in [1.165, 1.54) is 12.3 Å². The number of rotatable bonds is 3. The Labute approximate surface area is 131 Å². The molecule has 1 atom stereocenters. The van der Waals surface area contributed by atoms with Crippen molar-refractivity contribution >= 4 is 17.4 Å². The number of hydrogen-bond acceptors (Lipinski definition) is 5. The average Bonchev–Trinajstić information content (AvgIpc) is 2.98. The smallest absolute Gasteiger partial charge is 0.272 e. The van der Waals surface area contributed by atoms with Crippen molar-refractivity contribution in [2.45, 2.75) is 12.5 Å². The Morgan fingerprint density at radius 2 is 2.36 bits per heavy atom. The van der Waals surface area contributed by atoms with Crippen molar-refractivity contribution in [3.63, 3.8) is 0 Å². The summed E-state index contributed by atoms with van der Waals surface area (Å²) in [5.74, 6) is 0.0714. The molecule has 1 aliphatic heterocycles. The Balaban J connectivity index is 2.02. The lowest BCUT2D eigenvalue weighted by molar-refractivity contribution is 0.584. The van der Waals surface area contributed by atoms with Gasteiger partial charge in [0.05, 0.1) is 0 Å². The third kappa shape index (κ3) is 2.82. The minimum absolute atomic E-state index is 0.0510. The summed E-state index contributed by atoms with van der Waals surface area (Å²) in [6, 6.07) is 3.13. The standard InChI is InChI=1S/C14H15ClFN5O/c1-17-9-3-5-21(7-9)13-11(15)14(22)20-12(19-13)8-2-4-18-10(16)6-8/h2,4,6,9,17H,3,5,7H2,1H3,(H,19,20,22)/t9-/m0/s1. The molecule has 0 radical (unpaired) electrons. The van der Waals surface area contributed by atoms with Crippen LogP contribution < -0.4 is 15.8 Å². The van der Waals surface area contributed by atoms with Gasteiger partial charge in [0.15, 0.2) is 5.82 Å². The maximum Gasteiger partial charge on any atom is 0.272 e. The summed E-state index contributed by atoms with van der Waals surface area (Å²) in [4.78, 5) is 24.5. The zero-order chi connectivity index (χ0) is 15.7. The van der Waals surface area contributed by atoms with Gasteiger partial charge in [-0.25, -0.2) is 9.97 Å². The van der Waals surface area contributed by atoms with Crippen molar-refractivity contribution in [2.75, 3.05) is 25.0 Å². The number of nitrogens with one attached hydrogen (secondary N) is 2. The van der Waals surface area contributed by atoms with Gasteiger partial charge >= 0.3 is 0 Å². The van der Waals surface area contributed by atoms with Gasteiger partial charge in [0.1, 0.15) is 10.8 Å². The van der Waals surface area contributed by atoms with E-state index >= 15 is 0 Å². The number of aromatic amines is 1. The van der Waals surface area contributed by atoms with Gasteiger partial charge in [-0.3, -0.25) is 4.79 Å². The molecule has 2 aromatic heterocycles. The van der Waals surface area contributed by atoms with E-state index < -0.39 is 11.5 Å². The molecule has 116 valence electrons. The fourth-order valence-electron chi connectivity index (χ4n) is 2.53. The van der Waals surface area contributed by atoms with E-state index in [9.17, 15) is 9.18 Å². The molecule has 22 heavy (non-hydrogen) atoms. The SMILES string of the molecule is CN[C@H]1CCN(c2nc(-c3ccnc(F)c3)[nH]c(=O)c2Cl)C1. The Hall–Kier alpha value is -1.99. The van der Waals surface area contributed by atoms with E-state index in [0.29, 0.717) is 17.4 Å². The largest absolute Gasteiger partial charge is 0.354 e. The number of likely N-dealkylation sites (N-methyl/N-ethyl adjacent to an activating group) is 1. The Kier molecular flexibility index (Phi) is 4.08. The number of halogens is 2. The minimum Gasteiger partial charge on any atom is -0.354 e. The highest BCUT2D eigenvalue weighted by Crippen LogP contribution is 2.26. The highest BCUT2D eigenvalue weighted by molar-refractivity contribution is 6.32. The first-order valence-corrected chi connectivity index (χ1v) is 7.30. The van der Waals surface area contributed by atoms with Crippen LogP contribution in [-0.2, 0) is 0 Å². The summed E-state index contributed by atoms with van der Waals surface area (Å²) in [5.41, 5.74) is 0.0127. The minimum atomic E-state index is -0.631. The summed E-state index contributed by atoms with van der Waals surface area (Å²) in [7, 11) is 1.90. The number of pyridine rings is 1. The number of aromatic nitrogens is 3. The average molecular weight is 324 g/mol. The summed E-state index contributed by atoms with van der Waals surface area (Å²) in [5, 5.41) is 3.25. The molecule has 0 amide bonds. The van der Waals surface area contributed by atoms with Crippen molar-refractivity contribution in [1.29, 1.82) is 0 Å². The van der Waals surface area contributed by atoms with E-state index in [-0.39, 0.29) is 10.8 Å². The molecular weight excluding hydrogens is 309 g/mol. The molecule has 3 rings (SSSR count). The molecule has 3 heterocycles. The molecule has 2 aromatic rings. The van der Waals surface area contributed by atoms with Crippen molar-refractivity contribution in [3.05, 3.63) is 39.7 Å². The van der Waals surface area contributed by atoms with Gasteiger partial charge in [-0.15, -0.1) is 0 Å². The lowest BCUT2D eigenvalue weighted by Gasteiger charge is -2.19. The predicted molar refractivity (Wildman–Crippen MR) is 82.7 cm³/mol. The van der Waals surface area contributed by atoms with Gasteiger partial charge in [-0.2, -0.15) is 4.39 Å². The monoisotopic (exact) mass is 323 g/mol. The van der Waals surface area contributed by atoms with Crippen LogP contribution in [0.25, 0.3) is 11.4 Å². The van der Waals surface area contributed by atoms with Crippen LogP contribution in [0.3, 0.4) is 0 Å². The number of nitrogens with zero attached hydrogens (tertiary/aromatic N) is 3. The van der Waals surface area contributed by atoms with E-state index in [1.54, 1.807) is 6.07 Å². The van der Waals surface area contributed by atoms with Gasteiger partial charge < -0.3 is 15.2 Å². The highest BCUT2D eigenvalue weighted by Gasteiger charge is 2.25. The summed E-state index contributed by atoms with van der Waals surface area (Å²) in [6.07, 6.45) is 2.27. The van der Waals surface area contributed by atoms with Crippen LogP contribution in [0.4, 0.5) is 10.2 Å². The second-order valence-electron chi connectivity index (χ2n) is 5.14. The normalized spacial score (nSPS) is 18.0. The number of anilines is 1. The van der Waals surface area contributed by atoms with E-state index in [1.807, 2.05) is 11.9 Å². The number of H-pyrrole nitrogens is 1. The summed E-state index contributed by atoms with van der Waals surface area (Å²) in [6.45, 7) is 1.47. The third-order valence-corrected chi connectivity index (χ3v) is 4.08. The van der Waals surface area contributed by atoms with Crippen LogP contribution in [0, 0.1) is 5.95 Å². The molecule has 0 spiro atoms. The molecular formula is C14H15ClFN5O. The van der Waals surface area contributed by atoms with Crippen molar-refractivity contribution in [1.82, 2.24) is 20.3 Å². The van der Waals surface area contributed by atoms with E-state index in [4.69, 9.17) is 11.6 Å². The molecule has 6 nitrogen and oxygen atoms in total. The predicted octanol–water partition coefficient (Wildman–Crippen LogP) is 1.42. The van der Waals surface area contributed by atoms with E-state index in [2.05, 4.69) is 20.3 Å². The van der Waals surface area contributed by atoms with Crippen LogP contribution in [0.5, 0.6) is 0 Å². The highest BCUT2D eigenvalue weighted by atomic mass is 35.5. The van der Waals surface area contributed by atoms with Crippen molar-refractivity contribution in [2.24, 2.45) is 0 Å². The van der Waals surface area contributed by atoms with Crippen LogP contribution in [0.1, 0.15) is 6.42 Å². The van der Waals surface area contributed by atoms with Crippen LogP contribution in [0.15, 0.2) is 23.1 Å². The first-order valence-electron chi connectivity index (χ1n) is 6.92. The Morgan fingerprint density at radius 1 is 1.55 bits per heavy atom. The maximum absolute atomic E-state index is 13.3. The fraction of sp³-hybridized carbons (Fsp3) is 0.357. The van der Waals surface area contributed by atoms with Gasteiger partial charge in [0.25, 0.3) is 5.56 Å². The van der Waals surface area contributed by atoms with Crippen molar-refractivity contribution < 1.29 is 4.39 Å². The molecule has 1 fully saturated rings. The third-order valence-electron chi connectivity index (χ3n) is 3.74. The molecule has 0 saturated carbocycles. The summed E-state index contributed by atoms with van der Waals surface area (Å²) < 4.78 is 13.3. The topological polar surface area (TPSA) is 73.9 Å². The molecule has 8 heteroatoms. The lowest BCUT2D eigenvalue weighted by Crippen LogP contribution is -2.31. The lowest BCUT2D eigenvalue weighted by atomic mass is 10.2. The first kappa shape index (κ1) is 14.9. The second-order valence-corrected chi connectivity index (χ2v) is 5.52. The van der Waals surface area contributed by atoms with Crippen LogP contribution in [0.2, 0.25) is 5.02 Å². The Bertz CT molecular complexity index is 750. The first-order chi connectivity index (χ1) is 10.6. The van der Waals surface area contributed by atoms with Gasteiger partial charge in [-0.1, -0.05) is 11.6 Å². The molecule has 1 saturated heterocycles. The second kappa shape index (κ2) is 6.02. The molecule has 1 aliphatic rings. The fourth-order valence-corrected chi connectivity index (χ4v) is 2.74. The Morgan fingerprint density at radius 3 is 3.05 bits per heavy atom. The van der Waals surface area contributed by atoms with Crippen LogP contribution in [-0.4, -0.2) is 41.1 Å². The zero-order valence-corrected chi connectivity index (χ0v) is 12.7. The quantitative estimate of drug-likeness (QED) is 0.836. The summed E-state index contributed by atoms with van der Waals surface area (Å²) >= 11 is 6.10. The number of hydrogen-bond donors (Lipinski definition) is 2. The molecule has 0 aliphatic carbocycles. The van der Waals surface area contributed by atoms with Gasteiger partial charge in [0.2, 0.25) is 5.95 Å². The van der Waals surface area contributed by atoms with E-state index in [0.717, 1.165) is 19.5 Å². The molecule has 0 aromatic carbocycles. The maximum atomic E-state index is 13.3. The molecule has 0 unspecified atom stereocenters. The molecule has 2 N–H and O–H groups in total. The zero-order valence-electron chi connectivity index (χ0n) is 11.9. The van der Waals surface area contributed by atoms with Crippen LogP contribution >= 0.6 is 11.6 Å². The van der Waals surface area contributed by atoms with Gasteiger partial charge in [0, 0.05) is 37.0 Å².